The minimum Gasteiger partial charge on any atom is -0.337 e. The Hall–Kier alpha value is -2.96. The van der Waals surface area contributed by atoms with Gasteiger partial charge in [-0.15, -0.1) is 0 Å². The number of nitrogens with zero attached hydrogens (tertiary/aromatic N) is 6. The van der Waals surface area contributed by atoms with Crippen LogP contribution in [0.5, 0.6) is 0 Å². The Bertz CT molecular complexity index is 929. The number of piperidine rings is 1. The zero-order chi connectivity index (χ0) is 18.8. The largest absolute Gasteiger partial charge is 0.337 e. The lowest BCUT2D eigenvalue weighted by Crippen LogP contribution is -2.40. The molecule has 1 unspecified atom stereocenters. The van der Waals surface area contributed by atoms with E-state index in [9.17, 15) is 4.79 Å². The van der Waals surface area contributed by atoms with Crippen molar-refractivity contribution in [2.24, 2.45) is 7.05 Å². The molecule has 3 aromatic heterocycles. The predicted octanol–water partition coefficient (Wildman–Crippen LogP) is 2.39. The number of aryl methyl sites for hydroxylation is 2. The van der Waals surface area contributed by atoms with Crippen LogP contribution in [-0.4, -0.2) is 48.2 Å². The van der Waals surface area contributed by atoms with E-state index in [-0.39, 0.29) is 11.8 Å². The lowest BCUT2D eigenvalue weighted by molar-refractivity contribution is 0.0692. The van der Waals surface area contributed by atoms with Gasteiger partial charge >= 0.3 is 0 Å². The fraction of sp³-hybridized carbons (Fsp3) is 0.400. The standard InChI is InChI=1S/C20H24N6O/c1-15-12-18(24(2)23-15)20(27)26-10-3-4-17(14-26)19-22-9-11-25(19)13-16-5-7-21-8-6-16/h5-9,11-12,17H,3-4,10,13-14H2,1-2H3. The van der Waals surface area contributed by atoms with Gasteiger partial charge in [-0.3, -0.25) is 14.5 Å². The van der Waals surface area contributed by atoms with E-state index in [1.165, 1.54) is 5.56 Å². The molecule has 1 atom stereocenters. The molecular formula is C20H24N6O. The number of aromatic nitrogens is 5. The van der Waals surface area contributed by atoms with Crippen LogP contribution in [0, 0.1) is 6.92 Å². The molecule has 0 saturated carbocycles. The van der Waals surface area contributed by atoms with Crippen LogP contribution in [0.2, 0.25) is 0 Å². The number of imidazole rings is 1. The average molecular weight is 364 g/mol. The molecule has 1 saturated heterocycles. The second-order valence-corrected chi connectivity index (χ2v) is 7.15. The van der Waals surface area contributed by atoms with Gasteiger partial charge in [0.05, 0.1) is 5.69 Å². The van der Waals surface area contributed by atoms with Gasteiger partial charge in [-0.25, -0.2) is 4.98 Å². The van der Waals surface area contributed by atoms with Crippen molar-refractivity contribution in [2.75, 3.05) is 13.1 Å². The van der Waals surface area contributed by atoms with Crippen molar-refractivity contribution in [3.05, 3.63) is 65.8 Å². The highest BCUT2D eigenvalue weighted by Gasteiger charge is 2.29. The Morgan fingerprint density at radius 1 is 1.26 bits per heavy atom. The second-order valence-electron chi connectivity index (χ2n) is 7.15. The van der Waals surface area contributed by atoms with Crippen LogP contribution in [0.25, 0.3) is 0 Å². The van der Waals surface area contributed by atoms with E-state index in [1.807, 2.05) is 61.9 Å². The minimum atomic E-state index is 0.0510. The summed E-state index contributed by atoms with van der Waals surface area (Å²) in [5, 5.41) is 4.30. The quantitative estimate of drug-likeness (QED) is 0.713. The first-order valence-electron chi connectivity index (χ1n) is 9.31. The van der Waals surface area contributed by atoms with Crippen molar-refractivity contribution < 1.29 is 4.79 Å². The average Bonchev–Trinajstić information content (AvgIpc) is 3.28. The van der Waals surface area contributed by atoms with E-state index in [2.05, 4.69) is 19.6 Å². The van der Waals surface area contributed by atoms with Crippen LogP contribution >= 0.6 is 0 Å². The van der Waals surface area contributed by atoms with Crippen LogP contribution in [0.3, 0.4) is 0 Å². The molecule has 0 aromatic carbocycles. The Morgan fingerprint density at radius 2 is 2.07 bits per heavy atom. The summed E-state index contributed by atoms with van der Waals surface area (Å²) in [6.45, 7) is 4.15. The molecule has 0 spiro atoms. The van der Waals surface area contributed by atoms with E-state index >= 15 is 0 Å². The predicted molar refractivity (Wildman–Crippen MR) is 101 cm³/mol. The maximum absolute atomic E-state index is 13.0. The van der Waals surface area contributed by atoms with E-state index in [4.69, 9.17) is 0 Å². The molecule has 7 nitrogen and oxygen atoms in total. The van der Waals surface area contributed by atoms with Gasteiger partial charge in [0.25, 0.3) is 5.91 Å². The summed E-state index contributed by atoms with van der Waals surface area (Å²) >= 11 is 0. The summed E-state index contributed by atoms with van der Waals surface area (Å²) in [4.78, 5) is 23.6. The van der Waals surface area contributed by atoms with Gasteiger partial charge in [0.15, 0.2) is 0 Å². The molecule has 0 radical (unpaired) electrons. The summed E-state index contributed by atoms with van der Waals surface area (Å²) < 4.78 is 3.86. The first kappa shape index (κ1) is 17.5. The van der Waals surface area contributed by atoms with Crippen molar-refractivity contribution in [3.63, 3.8) is 0 Å². The molecule has 1 aliphatic heterocycles. The zero-order valence-corrected chi connectivity index (χ0v) is 15.7. The summed E-state index contributed by atoms with van der Waals surface area (Å²) in [6, 6.07) is 5.90. The Morgan fingerprint density at radius 3 is 2.81 bits per heavy atom. The summed E-state index contributed by atoms with van der Waals surface area (Å²) in [7, 11) is 1.82. The van der Waals surface area contributed by atoms with Gasteiger partial charge in [0.2, 0.25) is 0 Å². The number of pyridine rings is 1. The molecule has 27 heavy (non-hydrogen) atoms. The van der Waals surface area contributed by atoms with Crippen molar-refractivity contribution in [3.8, 4) is 0 Å². The first-order valence-corrected chi connectivity index (χ1v) is 9.31. The topological polar surface area (TPSA) is 68.8 Å². The van der Waals surface area contributed by atoms with E-state index in [0.29, 0.717) is 12.2 Å². The molecule has 7 heteroatoms. The number of likely N-dealkylation sites (tertiary alicyclic amines) is 1. The van der Waals surface area contributed by atoms with Crippen molar-refractivity contribution >= 4 is 5.91 Å². The van der Waals surface area contributed by atoms with E-state index in [0.717, 1.165) is 37.4 Å². The van der Waals surface area contributed by atoms with Crippen LogP contribution in [0.1, 0.15) is 46.3 Å². The molecule has 0 aliphatic carbocycles. The highest BCUT2D eigenvalue weighted by atomic mass is 16.2. The van der Waals surface area contributed by atoms with Crippen molar-refractivity contribution in [1.29, 1.82) is 0 Å². The van der Waals surface area contributed by atoms with Gasteiger partial charge in [0, 0.05) is 57.4 Å². The fourth-order valence-electron chi connectivity index (χ4n) is 3.84. The SMILES string of the molecule is Cc1cc(C(=O)N2CCCC(c3nccn3Cc3ccncc3)C2)n(C)n1. The van der Waals surface area contributed by atoms with Gasteiger partial charge in [-0.1, -0.05) is 0 Å². The summed E-state index contributed by atoms with van der Waals surface area (Å²) in [5.74, 6) is 1.34. The molecule has 1 amide bonds. The van der Waals surface area contributed by atoms with E-state index < -0.39 is 0 Å². The minimum absolute atomic E-state index is 0.0510. The van der Waals surface area contributed by atoms with Crippen LogP contribution in [0.15, 0.2) is 43.0 Å². The molecule has 4 heterocycles. The number of rotatable bonds is 4. The highest BCUT2D eigenvalue weighted by Crippen LogP contribution is 2.27. The summed E-state index contributed by atoms with van der Waals surface area (Å²) in [6.07, 6.45) is 9.51. The normalized spacial score (nSPS) is 17.3. The molecule has 1 fully saturated rings. The fourth-order valence-corrected chi connectivity index (χ4v) is 3.84. The lowest BCUT2D eigenvalue weighted by atomic mass is 9.96. The molecule has 4 rings (SSSR count). The molecule has 0 bridgehead atoms. The maximum atomic E-state index is 13.0. The van der Waals surface area contributed by atoms with Crippen molar-refractivity contribution in [1.82, 2.24) is 29.2 Å². The highest BCUT2D eigenvalue weighted by molar-refractivity contribution is 5.92. The van der Waals surface area contributed by atoms with Gasteiger partial charge in [-0.05, 0) is 43.5 Å². The lowest BCUT2D eigenvalue weighted by Gasteiger charge is -2.32. The van der Waals surface area contributed by atoms with Crippen LogP contribution in [0.4, 0.5) is 0 Å². The van der Waals surface area contributed by atoms with Crippen LogP contribution < -0.4 is 0 Å². The molecule has 3 aromatic rings. The Kier molecular flexibility index (Phi) is 4.75. The number of carbonyl (C=O) groups excluding carboxylic acids is 1. The maximum Gasteiger partial charge on any atom is 0.272 e. The smallest absolute Gasteiger partial charge is 0.272 e. The number of carbonyl (C=O) groups is 1. The Balaban J connectivity index is 1.51. The third-order valence-electron chi connectivity index (χ3n) is 5.14. The number of hydrogen-bond acceptors (Lipinski definition) is 4. The molecule has 0 N–H and O–H groups in total. The van der Waals surface area contributed by atoms with Gasteiger partial charge in [-0.2, -0.15) is 5.10 Å². The van der Waals surface area contributed by atoms with E-state index in [1.54, 1.807) is 4.68 Å². The third-order valence-corrected chi connectivity index (χ3v) is 5.14. The monoisotopic (exact) mass is 364 g/mol. The number of amides is 1. The van der Waals surface area contributed by atoms with Crippen molar-refractivity contribution in [2.45, 2.75) is 32.2 Å². The zero-order valence-electron chi connectivity index (χ0n) is 15.7. The van der Waals surface area contributed by atoms with Gasteiger partial charge in [0.1, 0.15) is 11.5 Å². The summed E-state index contributed by atoms with van der Waals surface area (Å²) in [5.41, 5.74) is 2.70. The Labute approximate surface area is 158 Å². The molecule has 140 valence electrons. The molecule has 1 aliphatic rings. The number of hydrogen-bond donors (Lipinski definition) is 0. The first-order chi connectivity index (χ1) is 13.1. The third kappa shape index (κ3) is 3.63. The van der Waals surface area contributed by atoms with Crippen LogP contribution in [-0.2, 0) is 13.6 Å². The second kappa shape index (κ2) is 7.34. The molecular weight excluding hydrogens is 340 g/mol. The van der Waals surface area contributed by atoms with Gasteiger partial charge < -0.3 is 9.47 Å².